The molecule has 5 fully saturated rings. The van der Waals surface area contributed by atoms with Crippen LogP contribution in [0.15, 0.2) is 6.07 Å². The maximum Gasteiger partial charge on any atom is 0.243 e. The second-order valence-electron chi connectivity index (χ2n) is 10.5. The van der Waals surface area contributed by atoms with E-state index < -0.39 is 0 Å². The van der Waals surface area contributed by atoms with Crippen LogP contribution in [-0.2, 0) is 16.0 Å². The molecule has 0 radical (unpaired) electrons. The summed E-state index contributed by atoms with van der Waals surface area (Å²) in [5.41, 5.74) is 1.83. The van der Waals surface area contributed by atoms with E-state index in [1.807, 2.05) is 24.8 Å². The lowest BCUT2D eigenvalue weighted by Gasteiger charge is -2.56. The molecule has 2 amide bonds. The largest absolute Gasteiger partial charge is 0.351 e. The molecule has 6 rings (SSSR count). The molecule has 6 heteroatoms. The Bertz CT molecular complexity index is 765. The first kappa shape index (κ1) is 19.1. The fourth-order valence-corrected chi connectivity index (χ4v) is 7.24. The van der Waals surface area contributed by atoms with Crippen LogP contribution < -0.4 is 5.32 Å². The van der Waals surface area contributed by atoms with Crippen LogP contribution in [0.1, 0.15) is 69.7 Å². The lowest BCUT2D eigenvalue weighted by atomic mass is 9.49. The Hall–Kier alpha value is -1.85. The summed E-state index contributed by atoms with van der Waals surface area (Å²) in [7, 11) is 0. The van der Waals surface area contributed by atoms with Gasteiger partial charge < -0.3 is 10.2 Å². The van der Waals surface area contributed by atoms with Crippen molar-refractivity contribution in [2.24, 2.45) is 23.2 Å². The molecule has 1 saturated heterocycles. The first-order chi connectivity index (χ1) is 13.9. The lowest BCUT2D eigenvalue weighted by Crippen LogP contribution is -2.57. The van der Waals surface area contributed by atoms with Gasteiger partial charge in [0, 0.05) is 24.7 Å². The van der Waals surface area contributed by atoms with Crippen molar-refractivity contribution < 1.29 is 9.59 Å². The summed E-state index contributed by atoms with van der Waals surface area (Å²) in [5.74, 6) is 2.55. The minimum Gasteiger partial charge on any atom is -0.351 e. The summed E-state index contributed by atoms with van der Waals surface area (Å²) in [6.45, 7) is 4.74. The number of carbonyl (C=O) groups is 2. The van der Waals surface area contributed by atoms with E-state index in [1.165, 1.54) is 19.3 Å². The van der Waals surface area contributed by atoms with Crippen molar-refractivity contribution in [1.29, 1.82) is 0 Å². The number of aryl methyl sites for hydroxylation is 1. The second-order valence-corrected chi connectivity index (χ2v) is 10.5. The molecule has 4 aliphatic carbocycles. The van der Waals surface area contributed by atoms with Gasteiger partial charge in [-0.15, -0.1) is 0 Å². The van der Waals surface area contributed by atoms with Gasteiger partial charge in [-0.3, -0.25) is 14.7 Å². The first-order valence-corrected chi connectivity index (χ1v) is 11.5. The van der Waals surface area contributed by atoms with Gasteiger partial charge in [-0.05, 0) is 89.0 Å². The van der Waals surface area contributed by atoms with E-state index in [4.69, 9.17) is 0 Å². The van der Waals surface area contributed by atoms with Crippen molar-refractivity contribution in [2.75, 3.05) is 6.54 Å². The number of hydrogen-bond acceptors (Lipinski definition) is 3. The molecule has 1 aromatic heterocycles. The van der Waals surface area contributed by atoms with Crippen LogP contribution in [0.5, 0.6) is 0 Å². The van der Waals surface area contributed by atoms with Crippen LogP contribution in [0.3, 0.4) is 0 Å². The molecule has 29 heavy (non-hydrogen) atoms. The molecular weight excluding hydrogens is 364 g/mol. The summed E-state index contributed by atoms with van der Waals surface area (Å²) in [6.07, 6.45) is 9.63. The van der Waals surface area contributed by atoms with E-state index in [-0.39, 0.29) is 23.4 Å². The van der Waals surface area contributed by atoms with Crippen molar-refractivity contribution in [1.82, 2.24) is 20.4 Å². The number of rotatable bonds is 5. The van der Waals surface area contributed by atoms with Gasteiger partial charge >= 0.3 is 0 Å². The molecule has 2 unspecified atom stereocenters. The van der Waals surface area contributed by atoms with Gasteiger partial charge in [0.05, 0.1) is 11.1 Å². The molecule has 2 atom stereocenters. The number of H-pyrrole nitrogens is 1. The minimum atomic E-state index is -0.293. The van der Waals surface area contributed by atoms with Gasteiger partial charge in [0.25, 0.3) is 0 Å². The van der Waals surface area contributed by atoms with Crippen molar-refractivity contribution in [3.8, 4) is 0 Å². The zero-order chi connectivity index (χ0) is 20.2. The molecule has 2 heterocycles. The number of likely N-dealkylation sites (tertiary alicyclic amines) is 1. The topological polar surface area (TPSA) is 78.1 Å². The molecule has 2 N–H and O–H groups in total. The number of carbonyl (C=O) groups excluding carboxylic acids is 2. The van der Waals surface area contributed by atoms with Crippen molar-refractivity contribution in [2.45, 2.75) is 83.7 Å². The van der Waals surface area contributed by atoms with Crippen LogP contribution in [-0.4, -0.2) is 45.5 Å². The number of amides is 2. The van der Waals surface area contributed by atoms with Gasteiger partial charge in [-0.2, -0.15) is 5.10 Å². The molecule has 6 nitrogen and oxygen atoms in total. The van der Waals surface area contributed by atoms with Crippen LogP contribution in [0.4, 0.5) is 0 Å². The predicted molar refractivity (Wildman–Crippen MR) is 110 cm³/mol. The highest BCUT2D eigenvalue weighted by molar-refractivity contribution is 5.91. The Labute approximate surface area is 173 Å². The summed E-state index contributed by atoms with van der Waals surface area (Å²) < 4.78 is 0. The Morgan fingerprint density at radius 1 is 1.24 bits per heavy atom. The first-order valence-electron chi connectivity index (χ1n) is 11.5. The molecule has 4 bridgehead atoms. The van der Waals surface area contributed by atoms with Gasteiger partial charge in [0.15, 0.2) is 0 Å². The van der Waals surface area contributed by atoms with Crippen molar-refractivity contribution >= 4 is 11.8 Å². The summed E-state index contributed by atoms with van der Waals surface area (Å²) >= 11 is 0. The van der Waals surface area contributed by atoms with Gasteiger partial charge in [-0.25, -0.2) is 0 Å². The van der Waals surface area contributed by atoms with Crippen LogP contribution in [0.25, 0.3) is 0 Å². The van der Waals surface area contributed by atoms with Crippen LogP contribution in [0, 0.1) is 30.1 Å². The number of aromatic nitrogens is 2. The van der Waals surface area contributed by atoms with Crippen molar-refractivity contribution in [3.63, 3.8) is 0 Å². The average Bonchev–Trinajstić information content (AvgIpc) is 3.29. The molecule has 1 aromatic rings. The minimum absolute atomic E-state index is 0.00213. The third-order valence-electron chi connectivity index (χ3n) is 7.97. The molecule has 5 aliphatic rings. The van der Waals surface area contributed by atoms with E-state index in [1.54, 1.807) is 0 Å². The fraction of sp³-hybridized carbons (Fsp3) is 0.783. The zero-order valence-electron chi connectivity index (χ0n) is 17.7. The zero-order valence-corrected chi connectivity index (χ0v) is 17.7. The van der Waals surface area contributed by atoms with Gasteiger partial charge in [0.2, 0.25) is 11.8 Å². The van der Waals surface area contributed by atoms with Gasteiger partial charge in [0.1, 0.15) is 6.04 Å². The highest BCUT2D eigenvalue weighted by Crippen LogP contribution is 2.60. The number of nitrogens with one attached hydrogen (secondary N) is 2. The Morgan fingerprint density at radius 3 is 2.48 bits per heavy atom. The standard InChI is InChI=1S/C23H34N4O2/c1-14(6-19-7-15(2)25-26-19)24-21(28)20-4-3-5-27(20)22(29)23-11-16-8-17(12-23)10-18(9-16)13-23/h7,14,16-18,20H,3-6,8-13H2,1-2H3,(H,24,28)(H,25,26). The lowest BCUT2D eigenvalue weighted by molar-refractivity contribution is -0.160. The summed E-state index contributed by atoms with van der Waals surface area (Å²) in [4.78, 5) is 28.7. The third-order valence-corrected chi connectivity index (χ3v) is 7.97. The molecule has 158 valence electrons. The fourth-order valence-electron chi connectivity index (χ4n) is 7.24. The SMILES string of the molecule is Cc1cc(CC(C)NC(=O)C2CCCN2C(=O)C23CC4CC(CC(C4)C2)C3)n[nH]1. The monoisotopic (exact) mass is 398 g/mol. The van der Waals surface area contributed by atoms with E-state index in [0.717, 1.165) is 67.8 Å². The predicted octanol–water partition coefficient (Wildman–Crippen LogP) is 2.97. The highest BCUT2D eigenvalue weighted by atomic mass is 16.2. The number of aromatic amines is 1. The third kappa shape index (κ3) is 3.49. The Morgan fingerprint density at radius 2 is 1.90 bits per heavy atom. The highest BCUT2D eigenvalue weighted by Gasteiger charge is 2.56. The smallest absolute Gasteiger partial charge is 0.243 e. The van der Waals surface area contributed by atoms with Gasteiger partial charge in [-0.1, -0.05) is 0 Å². The van der Waals surface area contributed by atoms with E-state index in [0.29, 0.717) is 12.3 Å². The quantitative estimate of drug-likeness (QED) is 0.800. The van der Waals surface area contributed by atoms with E-state index >= 15 is 0 Å². The summed E-state index contributed by atoms with van der Waals surface area (Å²) in [6, 6.07) is 1.72. The Kier molecular flexibility index (Phi) is 4.71. The number of hydrogen-bond donors (Lipinski definition) is 2. The molecule has 4 saturated carbocycles. The molecule has 0 aromatic carbocycles. The van der Waals surface area contributed by atoms with E-state index in [9.17, 15) is 9.59 Å². The second kappa shape index (κ2) is 7.13. The van der Waals surface area contributed by atoms with Crippen LogP contribution in [0.2, 0.25) is 0 Å². The molecule has 1 aliphatic heterocycles. The molecular formula is C23H34N4O2. The normalized spacial score (nSPS) is 36.4. The molecule has 0 spiro atoms. The average molecular weight is 399 g/mol. The number of nitrogens with zero attached hydrogens (tertiary/aromatic N) is 2. The van der Waals surface area contributed by atoms with Crippen LogP contribution >= 0.6 is 0 Å². The Balaban J connectivity index is 1.25. The maximum absolute atomic E-state index is 13.7. The van der Waals surface area contributed by atoms with E-state index in [2.05, 4.69) is 15.5 Å². The van der Waals surface area contributed by atoms with Crippen molar-refractivity contribution in [3.05, 3.63) is 17.5 Å². The summed E-state index contributed by atoms with van der Waals surface area (Å²) in [5, 5.41) is 10.4. The maximum atomic E-state index is 13.7.